The molecule has 0 bridgehead atoms. The number of aromatic nitrogens is 3. The zero-order chi connectivity index (χ0) is 23.0. The van der Waals surface area contributed by atoms with Gasteiger partial charge in [0.2, 0.25) is 0 Å². The van der Waals surface area contributed by atoms with Gasteiger partial charge in [-0.3, -0.25) is 4.90 Å². The highest BCUT2D eigenvalue weighted by atomic mass is 16.2. The lowest BCUT2D eigenvalue weighted by Crippen LogP contribution is -2.52. The Hall–Kier alpha value is -3.39. The standard InChI is InChI=1S/C22H25N7O.C3H6.CH4/c1-15-12-28-13-16(2-3-19(28)25-15)26-21(30)29-10-5-17-18(4-8-23-20(17)29)27-11-9-24-22(14-27)6-7-22;1-3-2;/h2-4,8,12-13,24H,5-7,9-11,14H2,1H3,(H,26,30);3H,1H2,2H3;1H4. The molecule has 2 amide bonds. The van der Waals surface area contributed by atoms with Gasteiger partial charge in [0.05, 0.1) is 11.4 Å². The fourth-order valence-electron chi connectivity index (χ4n) is 4.80. The largest absolute Gasteiger partial charge is 0.368 e. The van der Waals surface area contributed by atoms with E-state index >= 15 is 0 Å². The minimum Gasteiger partial charge on any atom is -0.368 e. The summed E-state index contributed by atoms with van der Waals surface area (Å²) >= 11 is 0. The maximum Gasteiger partial charge on any atom is 0.327 e. The van der Waals surface area contributed by atoms with E-state index in [2.05, 4.69) is 38.1 Å². The van der Waals surface area contributed by atoms with Crippen molar-refractivity contribution >= 4 is 28.9 Å². The van der Waals surface area contributed by atoms with Crippen molar-refractivity contribution < 1.29 is 4.79 Å². The number of hydrogen-bond donors (Lipinski definition) is 2. The third-order valence-electron chi connectivity index (χ3n) is 6.49. The van der Waals surface area contributed by atoms with Crippen molar-refractivity contribution in [2.45, 2.75) is 46.1 Å². The summed E-state index contributed by atoms with van der Waals surface area (Å²) in [6.45, 7) is 10.9. The number of rotatable bonds is 2. The van der Waals surface area contributed by atoms with Gasteiger partial charge in [-0.15, -0.1) is 6.58 Å². The summed E-state index contributed by atoms with van der Waals surface area (Å²) in [6, 6.07) is 5.76. The van der Waals surface area contributed by atoms with E-state index in [1.807, 2.05) is 49.0 Å². The number of anilines is 3. The summed E-state index contributed by atoms with van der Waals surface area (Å²) in [7, 11) is 0. The third-order valence-corrected chi connectivity index (χ3v) is 6.49. The number of nitrogens with zero attached hydrogens (tertiary/aromatic N) is 5. The van der Waals surface area contributed by atoms with E-state index in [0.717, 1.165) is 48.9 Å². The van der Waals surface area contributed by atoms with E-state index in [-0.39, 0.29) is 13.5 Å². The Morgan fingerprint density at radius 3 is 2.79 bits per heavy atom. The number of nitrogens with one attached hydrogen (secondary N) is 2. The third kappa shape index (κ3) is 4.50. The number of hydrogen-bond acceptors (Lipinski definition) is 5. The van der Waals surface area contributed by atoms with Crippen molar-refractivity contribution in [2.24, 2.45) is 0 Å². The predicted molar refractivity (Wildman–Crippen MR) is 139 cm³/mol. The molecule has 6 rings (SSSR count). The maximum atomic E-state index is 13.0. The van der Waals surface area contributed by atoms with E-state index in [0.29, 0.717) is 12.1 Å². The lowest BCUT2D eigenvalue weighted by Gasteiger charge is -2.36. The van der Waals surface area contributed by atoms with Gasteiger partial charge in [0.25, 0.3) is 0 Å². The molecular formula is C26H35N7O. The number of piperazine rings is 1. The lowest BCUT2D eigenvalue weighted by atomic mass is 10.1. The summed E-state index contributed by atoms with van der Waals surface area (Å²) < 4.78 is 1.93. The van der Waals surface area contributed by atoms with Crippen LogP contribution in [-0.4, -0.2) is 52.1 Å². The van der Waals surface area contributed by atoms with E-state index < -0.39 is 0 Å². The molecule has 0 atom stereocenters. The second kappa shape index (κ2) is 9.46. The van der Waals surface area contributed by atoms with Crippen LogP contribution in [0, 0.1) is 6.92 Å². The molecule has 2 fully saturated rings. The molecule has 2 N–H and O–H groups in total. The second-order valence-electron chi connectivity index (χ2n) is 9.07. The van der Waals surface area contributed by atoms with E-state index in [1.54, 1.807) is 11.0 Å². The van der Waals surface area contributed by atoms with E-state index in [9.17, 15) is 4.79 Å². The summed E-state index contributed by atoms with van der Waals surface area (Å²) in [5.41, 5.74) is 5.29. The number of fused-ring (bicyclic) bond motifs is 2. The molecule has 5 heterocycles. The number of pyridine rings is 2. The summed E-state index contributed by atoms with van der Waals surface area (Å²) in [5.74, 6) is 0.785. The molecular weight excluding hydrogens is 426 g/mol. The Balaban J connectivity index is 0.000000652. The molecule has 180 valence electrons. The number of aryl methyl sites for hydroxylation is 1. The van der Waals surface area contributed by atoms with Gasteiger partial charge in [-0.1, -0.05) is 13.5 Å². The first kappa shape index (κ1) is 23.8. The van der Waals surface area contributed by atoms with Crippen molar-refractivity contribution in [2.75, 3.05) is 41.3 Å². The molecule has 34 heavy (non-hydrogen) atoms. The number of imidazole rings is 1. The van der Waals surface area contributed by atoms with Crippen LogP contribution >= 0.6 is 0 Å². The van der Waals surface area contributed by atoms with Gasteiger partial charge < -0.3 is 19.9 Å². The first-order valence-electron chi connectivity index (χ1n) is 11.6. The van der Waals surface area contributed by atoms with Crippen LogP contribution in [0.4, 0.5) is 22.0 Å². The van der Waals surface area contributed by atoms with Crippen LogP contribution in [-0.2, 0) is 6.42 Å². The van der Waals surface area contributed by atoms with Gasteiger partial charge in [-0.2, -0.15) is 0 Å². The number of urea groups is 1. The monoisotopic (exact) mass is 461 g/mol. The highest BCUT2D eigenvalue weighted by molar-refractivity contribution is 6.03. The fraction of sp³-hybridized carbons (Fsp3) is 0.423. The molecule has 8 nitrogen and oxygen atoms in total. The maximum absolute atomic E-state index is 13.0. The van der Waals surface area contributed by atoms with Gasteiger partial charge in [0.15, 0.2) is 0 Å². The fourth-order valence-corrected chi connectivity index (χ4v) is 4.80. The van der Waals surface area contributed by atoms with Gasteiger partial charge in [0.1, 0.15) is 11.5 Å². The minimum atomic E-state index is -0.145. The molecule has 3 aromatic heterocycles. The average molecular weight is 462 g/mol. The second-order valence-corrected chi connectivity index (χ2v) is 9.07. The highest BCUT2D eigenvalue weighted by Gasteiger charge is 2.46. The first-order chi connectivity index (χ1) is 16.0. The molecule has 1 saturated carbocycles. The quantitative estimate of drug-likeness (QED) is 0.553. The molecule has 3 aromatic rings. The Morgan fingerprint density at radius 1 is 1.24 bits per heavy atom. The lowest BCUT2D eigenvalue weighted by molar-refractivity contribution is 0.257. The normalized spacial score (nSPS) is 17.5. The van der Waals surface area contributed by atoms with Gasteiger partial charge in [0, 0.05) is 61.6 Å². The molecule has 0 radical (unpaired) electrons. The van der Waals surface area contributed by atoms with Crippen molar-refractivity contribution in [3.8, 4) is 0 Å². The van der Waals surface area contributed by atoms with Crippen molar-refractivity contribution in [1.82, 2.24) is 19.7 Å². The van der Waals surface area contributed by atoms with Crippen molar-refractivity contribution in [3.63, 3.8) is 0 Å². The van der Waals surface area contributed by atoms with Gasteiger partial charge >= 0.3 is 6.03 Å². The molecule has 1 aliphatic carbocycles. The number of carbonyl (C=O) groups excluding carboxylic acids is 1. The van der Waals surface area contributed by atoms with Crippen molar-refractivity contribution in [1.29, 1.82) is 0 Å². The average Bonchev–Trinajstić information content (AvgIpc) is 3.22. The number of allylic oxidation sites excluding steroid dienone is 1. The first-order valence-corrected chi connectivity index (χ1v) is 11.6. The SMILES string of the molecule is C.C=CC.Cc1cn2cc(NC(=O)N3CCc4c(N5CCNC6(CC6)C5)ccnc43)ccc2n1. The summed E-state index contributed by atoms with van der Waals surface area (Å²) in [4.78, 5) is 26.3. The zero-order valence-electron chi connectivity index (χ0n) is 19.3. The summed E-state index contributed by atoms with van der Waals surface area (Å²) in [5, 5.41) is 6.69. The van der Waals surface area contributed by atoms with Crippen LogP contribution in [0.1, 0.15) is 38.4 Å². The van der Waals surface area contributed by atoms with Crippen LogP contribution in [0.2, 0.25) is 0 Å². The molecule has 1 saturated heterocycles. The van der Waals surface area contributed by atoms with Gasteiger partial charge in [-0.25, -0.2) is 14.8 Å². The van der Waals surface area contributed by atoms with Crippen LogP contribution in [0.5, 0.6) is 0 Å². The number of amides is 2. The predicted octanol–water partition coefficient (Wildman–Crippen LogP) is 4.40. The zero-order valence-corrected chi connectivity index (χ0v) is 19.3. The van der Waals surface area contributed by atoms with E-state index in [1.165, 1.54) is 24.1 Å². The molecule has 2 aliphatic heterocycles. The van der Waals surface area contributed by atoms with Crippen molar-refractivity contribution in [3.05, 3.63) is 60.7 Å². The Labute approximate surface area is 201 Å². The summed E-state index contributed by atoms with van der Waals surface area (Å²) in [6.07, 6.45) is 10.8. The molecule has 3 aliphatic rings. The smallest absolute Gasteiger partial charge is 0.327 e. The Bertz CT molecular complexity index is 1200. The molecule has 8 heteroatoms. The highest BCUT2D eigenvalue weighted by Crippen LogP contribution is 2.41. The topological polar surface area (TPSA) is 77.8 Å². The van der Waals surface area contributed by atoms with Crippen LogP contribution in [0.15, 0.2) is 49.4 Å². The Kier molecular flexibility index (Phi) is 6.61. The van der Waals surface area contributed by atoms with Crippen LogP contribution in [0.25, 0.3) is 5.65 Å². The van der Waals surface area contributed by atoms with Crippen LogP contribution < -0.4 is 20.4 Å². The molecule has 0 unspecified atom stereocenters. The van der Waals surface area contributed by atoms with Crippen LogP contribution in [0.3, 0.4) is 0 Å². The Morgan fingerprint density at radius 2 is 2.03 bits per heavy atom. The molecule has 0 aromatic carbocycles. The van der Waals surface area contributed by atoms with E-state index in [4.69, 9.17) is 0 Å². The molecule has 1 spiro atoms. The van der Waals surface area contributed by atoms with Gasteiger partial charge in [-0.05, 0) is 51.3 Å². The minimum absolute atomic E-state index is 0. The number of carbonyl (C=O) groups is 1.